The highest BCUT2D eigenvalue weighted by Crippen LogP contribution is 2.41. The zero-order valence-corrected chi connectivity index (χ0v) is 12.5. The summed E-state index contributed by atoms with van der Waals surface area (Å²) < 4.78 is 45.7. The van der Waals surface area contributed by atoms with E-state index in [-0.39, 0.29) is 17.2 Å². The Morgan fingerprint density at radius 2 is 2.10 bits per heavy atom. The number of anilines is 1. The lowest BCUT2D eigenvalue weighted by molar-refractivity contribution is -0.137. The summed E-state index contributed by atoms with van der Waals surface area (Å²) in [5, 5.41) is -0.499. The Labute approximate surface area is 124 Å². The maximum absolute atomic E-state index is 12.9. The zero-order valence-electron chi connectivity index (χ0n) is 11.8. The van der Waals surface area contributed by atoms with Crippen LogP contribution in [0.25, 0.3) is 11.0 Å². The summed E-state index contributed by atoms with van der Waals surface area (Å²) in [4.78, 5) is 4.16. The van der Waals surface area contributed by atoms with Crippen LogP contribution in [0.1, 0.15) is 24.4 Å². The number of fused-ring (bicyclic) bond motifs is 1. The molecule has 0 radical (unpaired) electrons. The highest BCUT2D eigenvalue weighted by molar-refractivity contribution is 6.35. The van der Waals surface area contributed by atoms with Crippen LogP contribution < -0.4 is 5.73 Å². The van der Waals surface area contributed by atoms with Gasteiger partial charge in [0.05, 0.1) is 40.0 Å². The van der Waals surface area contributed by atoms with Crippen molar-refractivity contribution in [1.82, 2.24) is 9.55 Å². The lowest BCUT2D eigenvalue weighted by Crippen LogP contribution is -2.14. The number of aromatic nitrogens is 2. The van der Waals surface area contributed by atoms with Crippen molar-refractivity contribution in [1.29, 1.82) is 0 Å². The molecule has 116 valence electrons. The first-order chi connectivity index (χ1) is 9.68. The average molecular weight is 322 g/mol. The van der Waals surface area contributed by atoms with E-state index in [2.05, 4.69) is 4.98 Å². The molecule has 8 heteroatoms. The van der Waals surface area contributed by atoms with Crippen molar-refractivity contribution in [2.75, 3.05) is 19.5 Å². The number of rotatable bonds is 3. The predicted octanol–water partition coefficient (Wildman–Crippen LogP) is 3.81. The number of aryl methyl sites for hydroxylation is 1. The van der Waals surface area contributed by atoms with Crippen molar-refractivity contribution in [2.45, 2.75) is 26.1 Å². The van der Waals surface area contributed by atoms with Gasteiger partial charge in [-0.25, -0.2) is 4.98 Å². The van der Waals surface area contributed by atoms with Gasteiger partial charge in [0.15, 0.2) is 0 Å². The molecule has 21 heavy (non-hydrogen) atoms. The lowest BCUT2D eigenvalue weighted by Gasteiger charge is -2.17. The molecular formula is C13H15ClF3N3O. The number of nitrogens with zero attached hydrogens (tertiary/aromatic N) is 2. The second-order valence-electron chi connectivity index (χ2n) is 4.85. The molecule has 0 aliphatic rings. The molecule has 0 saturated heterocycles. The van der Waals surface area contributed by atoms with Crippen LogP contribution in [0.15, 0.2) is 6.07 Å². The number of hydrogen-bond acceptors (Lipinski definition) is 3. The molecule has 0 fully saturated rings. The average Bonchev–Trinajstić information content (AvgIpc) is 2.69. The second kappa shape index (κ2) is 5.38. The monoisotopic (exact) mass is 321 g/mol. The number of hydrogen-bond donors (Lipinski definition) is 1. The van der Waals surface area contributed by atoms with Crippen molar-refractivity contribution in [3.05, 3.63) is 22.5 Å². The van der Waals surface area contributed by atoms with Gasteiger partial charge in [-0.2, -0.15) is 13.2 Å². The number of alkyl halides is 3. The number of ether oxygens (including phenoxy) is 1. The van der Waals surface area contributed by atoms with Crippen LogP contribution in [-0.4, -0.2) is 23.3 Å². The number of nitrogens with two attached hydrogens (primary N) is 1. The Bertz CT molecular complexity index is 682. The lowest BCUT2D eigenvalue weighted by atomic mass is 10.1. The van der Waals surface area contributed by atoms with Gasteiger partial charge in [-0.05, 0) is 19.9 Å². The van der Waals surface area contributed by atoms with E-state index in [1.165, 1.54) is 0 Å². The fraction of sp³-hybridized carbons (Fsp3) is 0.462. The molecule has 4 nitrogen and oxygen atoms in total. The summed E-state index contributed by atoms with van der Waals surface area (Å²) in [6.07, 6.45) is -4.57. The fourth-order valence-corrected chi connectivity index (χ4v) is 2.70. The van der Waals surface area contributed by atoms with E-state index in [0.717, 1.165) is 6.07 Å². The van der Waals surface area contributed by atoms with Crippen molar-refractivity contribution < 1.29 is 17.9 Å². The summed E-state index contributed by atoms with van der Waals surface area (Å²) in [7, 11) is 1.54. The molecular weight excluding hydrogens is 307 g/mol. The van der Waals surface area contributed by atoms with E-state index in [1.54, 1.807) is 18.6 Å². The van der Waals surface area contributed by atoms with Gasteiger partial charge in [-0.15, -0.1) is 0 Å². The van der Waals surface area contributed by atoms with Crippen molar-refractivity contribution in [2.24, 2.45) is 0 Å². The number of halogens is 4. The normalized spacial score (nSPS) is 13.9. The van der Waals surface area contributed by atoms with E-state index in [9.17, 15) is 13.2 Å². The topological polar surface area (TPSA) is 53.1 Å². The van der Waals surface area contributed by atoms with Crippen LogP contribution in [0.5, 0.6) is 0 Å². The number of nitrogen functional groups attached to an aromatic ring is 1. The molecule has 2 N–H and O–H groups in total. The Morgan fingerprint density at radius 1 is 1.48 bits per heavy atom. The molecule has 0 amide bonds. The van der Waals surface area contributed by atoms with E-state index in [1.807, 2.05) is 6.92 Å². The van der Waals surface area contributed by atoms with E-state index < -0.39 is 16.8 Å². The number of imidazole rings is 1. The summed E-state index contributed by atoms with van der Waals surface area (Å²) in [6, 6.07) is 0.798. The van der Waals surface area contributed by atoms with Gasteiger partial charge in [0.25, 0.3) is 0 Å². The zero-order chi connectivity index (χ0) is 15.9. The Morgan fingerprint density at radius 3 is 2.62 bits per heavy atom. The van der Waals surface area contributed by atoms with Gasteiger partial charge in [0, 0.05) is 7.11 Å². The Balaban J connectivity index is 2.76. The molecule has 0 spiro atoms. The maximum atomic E-state index is 12.9. The minimum absolute atomic E-state index is 0.120. The summed E-state index contributed by atoms with van der Waals surface area (Å²) in [5.74, 6) is 0.552. The molecule has 2 rings (SSSR count). The third kappa shape index (κ3) is 2.67. The molecule has 0 aliphatic heterocycles. The van der Waals surface area contributed by atoms with Crippen LogP contribution in [-0.2, 0) is 10.9 Å². The summed E-state index contributed by atoms with van der Waals surface area (Å²) >= 11 is 5.80. The van der Waals surface area contributed by atoms with Crippen LogP contribution in [0, 0.1) is 6.92 Å². The van der Waals surface area contributed by atoms with Crippen LogP contribution in [0.2, 0.25) is 5.02 Å². The van der Waals surface area contributed by atoms with Gasteiger partial charge in [0.2, 0.25) is 0 Å². The van der Waals surface area contributed by atoms with Gasteiger partial charge >= 0.3 is 6.18 Å². The molecule has 1 aromatic heterocycles. The molecule has 1 atom stereocenters. The SMILES string of the molecule is COCC(C)n1c(C)nc2cc(C(F)(F)F)c(Cl)c(N)c21. The summed E-state index contributed by atoms with van der Waals surface area (Å²) in [6.45, 7) is 3.94. The first-order valence-corrected chi connectivity index (χ1v) is 6.59. The maximum Gasteiger partial charge on any atom is 0.418 e. The smallest absolute Gasteiger partial charge is 0.396 e. The number of methoxy groups -OCH3 is 1. The Kier molecular flexibility index (Phi) is 4.08. The fourth-order valence-electron chi connectivity index (χ4n) is 2.45. The molecule has 2 aromatic rings. The standard InChI is InChI=1S/C13H15ClF3N3O/c1-6(5-21-3)20-7(2)19-9-4-8(13(15,16)17)10(14)11(18)12(9)20/h4,6H,5,18H2,1-3H3. The highest BCUT2D eigenvalue weighted by atomic mass is 35.5. The summed E-state index contributed by atoms with van der Waals surface area (Å²) in [5.41, 5.74) is 5.31. The first kappa shape index (κ1) is 15.9. The minimum Gasteiger partial charge on any atom is -0.396 e. The number of benzene rings is 1. The largest absolute Gasteiger partial charge is 0.418 e. The quantitative estimate of drug-likeness (QED) is 0.875. The van der Waals surface area contributed by atoms with Gasteiger partial charge in [0.1, 0.15) is 5.82 Å². The van der Waals surface area contributed by atoms with E-state index in [4.69, 9.17) is 22.1 Å². The third-order valence-electron chi connectivity index (χ3n) is 3.28. The van der Waals surface area contributed by atoms with Crippen LogP contribution in [0.3, 0.4) is 0 Å². The molecule has 0 saturated carbocycles. The van der Waals surface area contributed by atoms with E-state index in [0.29, 0.717) is 17.9 Å². The molecule has 1 heterocycles. The third-order valence-corrected chi connectivity index (χ3v) is 3.68. The van der Waals surface area contributed by atoms with Crippen LogP contribution >= 0.6 is 11.6 Å². The Hall–Kier alpha value is -1.47. The van der Waals surface area contributed by atoms with Crippen LogP contribution in [0.4, 0.5) is 18.9 Å². The van der Waals surface area contributed by atoms with Gasteiger partial charge in [-0.3, -0.25) is 0 Å². The molecule has 1 unspecified atom stereocenters. The van der Waals surface area contributed by atoms with Crippen molar-refractivity contribution in [3.63, 3.8) is 0 Å². The molecule has 0 bridgehead atoms. The van der Waals surface area contributed by atoms with Gasteiger partial charge in [-0.1, -0.05) is 11.6 Å². The second-order valence-corrected chi connectivity index (χ2v) is 5.23. The minimum atomic E-state index is -4.57. The molecule has 1 aromatic carbocycles. The predicted molar refractivity (Wildman–Crippen MR) is 75.5 cm³/mol. The highest BCUT2D eigenvalue weighted by Gasteiger charge is 2.35. The van der Waals surface area contributed by atoms with Crippen molar-refractivity contribution >= 4 is 28.3 Å². The van der Waals surface area contributed by atoms with Crippen molar-refractivity contribution in [3.8, 4) is 0 Å². The molecule has 0 aliphatic carbocycles. The van der Waals surface area contributed by atoms with Gasteiger partial charge < -0.3 is 15.0 Å². The van der Waals surface area contributed by atoms with E-state index >= 15 is 0 Å². The first-order valence-electron chi connectivity index (χ1n) is 6.21.